The molecule has 10 nitrogen and oxygen atoms in total. The van der Waals surface area contributed by atoms with Gasteiger partial charge >= 0.3 is 0 Å². The molecule has 2 aromatic heterocycles. The Kier molecular flexibility index (Phi) is 8.87. The molecule has 3 rings (SSSR count). The smallest absolute Gasteiger partial charge is 0.260 e. The molecule has 178 valence electrons. The van der Waals surface area contributed by atoms with E-state index >= 15 is 0 Å². The first-order valence-corrected chi connectivity index (χ1v) is 11.1. The Bertz CT molecular complexity index is 1110. The third-order valence-electron chi connectivity index (χ3n) is 5.06. The highest BCUT2D eigenvalue weighted by Crippen LogP contribution is 2.21. The van der Waals surface area contributed by atoms with Crippen LogP contribution >= 0.6 is 0 Å². The second kappa shape index (κ2) is 12.3. The number of carbonyl (C=O) groups excluding carboxylic acids is 2. The summed E-state index contributed by atoms with van der Waals surface area (Å²) in [5, 5.41) is 9.26. The van der Waals surface area contributed by atoms with Crippen molar-refractivity contribution >= 4 is 35.0 Å². The molecular formula is C24H30N8O2. The minimum absolute atomic E-state index is 0.0974. The number of carbonyl (C=O) groups is 2. The Labute approximate surface area is 199 Å². The Hall–Kier alpha value is -4.05. The lowest BCUT2D eigenvalue weighted by Crippen LogP contribution is -2.32. The van der Waals surface area contributed by atoms with Crippen molar-refractivity contribution < 1.29 is 9.59 Å². The number of hydrogen-bond donors (Lipinski definition) is 4. The summed E-state index contributed by atoms with van der Waals surface area (Å²) in [5.41, 5.74) is 8.09. The van der Waals surface area contributed by atoms with Gasteiger partial charge in [0.15, 0.2) is 0 Å². The number of likely N-dealkylation sites (N-methyl/N-ethyl adjacent to an activating group) is 1. The minimum Gasteiger partial charge on any atom is -0.369 e. The van der Waals surface area contributed by atoms with E-state index in [0.717, 1.165) is 18.4 Å². The molecule has 0 aliphatic carbocycles. The van der Waals surface area contributed by atoms with Crippen molar-refractivity contribution in [2.75, 3.05) is 47.5 Å². The number of hydrogen-bond acceptors (Lipinski definition) is 8. The average molecular weight is 463 g/mol. The van der Waals surface area contributed by atoms with Gasteiger partial charge < -0.3 is 26.6 Å². The van der Waals surface area contributed by atoms with E-state index in [1.165, 1.54) is 11.1 Å². The van der Waals surface area contributed by atoms with Gasteiger partial charge in [-0.2, -0.15) is 4.98 Å². The lowest BCUT2D eigenvalue weighted by Gasteiger charge is -2.17. The van der Waals surface area contributed by atoms with E-state index in [1.807, 2.05) is 19.1 Å². The maximum absolute atomic E-state index is 13.0. The zero-order valence-corrected chi connectivity index (χ0v) is 19.4. The highest BCUT2D eigenvalue weighted by atomic mass is 16.2. The van der Waals surface area contributed by atoms with Gasteiger partial charge in [-0.1, -0.05) is 13.0 Å². The highest BCUT2D eigenvalue weighted by Gasteiger charge is 2.16. The maximum Gasteiger partial charge on any atom is 0.260 e. The second-order valence-electron chi connectivity index (χ2n) is 7.58. The van der Waals surface area contributed by atoms with Crippen LogP contribution in [0.15, 0.2) is 55.0 Å². The topological polar surface area (TPSA) is 138 Å². The first-order valence-electron chi connectivity index (χ1n) is 11.1. The van der Waals surface area contributed by atoms with E-state index in [-0.39, 0.29) is 18.4 Å². The summed E-state index contributed by atoms with van der Waals surface area (Å²) in [6, 6.07) is 10.9. The molecule has 0 saturated carbocycles. The van der Waals surface area contributed by atoms with Gasteiger partial charge in [0.25, 0.3) is 5.91 Å². The van der Waals surface area contributed by atoms with Crippen LogP contribution in [0.1, 0.15) is 29.3 Å². The van der Waals surface area contributed by atoms with Crippen LogP contribution in [0.4, 0.5) is 23.1 Å². The third kappa shape index (κ3) is 6.72. The van der Waals surface area contributed by atoms with E-state index < -0.39 is 0 Å². The maximum atomic E-state index is 13.0. The fraction of sp³-hybridized carbons (Fsp3) is 0.292. The highest BCUT2D eigenvalue weighted by molar-refractivity contribution is 6.07. The Morgan fingerprint density at radius 3 is 2.62 bits per heavy atom. The van der Waals surface area contributed by atoms with E-state index in [9.17, 15) is 9.59 Å². The molecule has 5 N–H and O–H groups in total. The molecular weight excluding hydrogens is 432 g/mol. The molecule has 0 saturated heterocycles. The fourth-order valence-corrected chi connectivity index (χ4v) is 3.15. The summed E-state index contributed by atoms with van der Waals surface area (Å²) >= 11 is 0. The van der Waals surface area contributed by atoms with Gasteiger partial charge in [0, 0.05) is 50.1 Å². The molecule has 0 spiro atoms. The van der Waals surface area contributed by atoms with E-state index in [1.54, 1.807) is 43.7 Å². The van der Waals surface area contributed by atoms with E-state index in [0.29, 0.717) is 41.8 Å². The van der Waals surface area contributed by atoms with Crippen molar-refractivity contribution in [3.8, 4) is 0 Å². The van der Waals surface area contributed by atoms with Crippen molar-refractivity contribution in [1.82, 2.24) is 15.0 Å². The first kappa shape index (κ1) is 24.6. The molecule has 0 fully saturated rings. The van der Waals surface area contributed by atoms with Gasteiger partial charge in [0.05, 0.1) is 6.54 Å². The molecule has 0 unspecified atom stereocenters. The summed E-state index contributed by atoms with van der Waals surface area (Å²) in [6.07, 6.45) is 6.69. The summed E-state index contributed by atoms with van der Waals surface area (Å²) in [6.45, 7) is 3.24. The number of benzene rings is 1. The van der Waals surface area contributed by atoms with Crippen molar-refractivity contribution in [2.24, 2.45) is 5.73 Å². The summed E-state index contributed by atoms with van der Waals surface area (Å²) in [5.74, 6) is 0.308. The van der Waals surface area contributed by atoms with Crippen molar-refractivity contribution in [3.63, 3.8) is 0 Å². The van der Waals surface area contributed by atoms with Crippen molar-refractivity contribution in [1.29, 1.82) is 0 Å². The van der Waals surface area contributed by atoms with Crippen molar-refractivity contribution in [3.05, 3.63) is 66.1 Å². The Morgan fingerprint density at radius 2 is 1.88 bits per heavy atom. The number of nitrogens with two attached hydrogens (primary N) is 1. The van der Waals surface area contributed by atoms with E-state index in [4.69, 9.17) is 5.73 Å². The normalized spacial score (nSPS) is 10.4. The second-order valence-corrected chi connectivity index (χ2v) is 7.58. The molecule has 0 bridgehead atoms. The molecule has 0 aliphatic rings. The van der Waals surface area contributed by atoms with Gasteiger partial charge in [-0.15, -0.1) is 0 Å². The molecule has 10 heteroatoms. The number of nitrogens with one attached hydrogen (secondary N) is 3. The molecule has 34 heavy (non-hydrogen) atoms. The predicted octanol–water partition coefficient (Wildman–Crippen LogP) is 2.52. The number of nitrogens with zero attached hydrogens (tertiary/aromatic N) is 4. The zero-order valence-electron chi connectivity index (χ0n) is 19.4. The van der Waals surface area contributed by atoms with Gasteiger partial charge in [-0.05, 0) is 48.7 Å². The third-order valence-corrected chi connectivity index (χ3v) is 5.06. The van der Waals surface area contributed by atoms with Crippen LogP contribution in [-0.4, -0.2) is 53.4 Å². The molecule has 0 atom stereocenters. The largest absolute Gasteiger partial charge is 0.369 e. The molecule has 2 heterocycles. The van der Waals surface area contributed by atoms with Gasteiger partial charge in [-0.3, -0.25) is 14.6 Å². The molecule has 2 amide bonds. The van der Waals surface area contributed by atoms with E-state index in [2.05, 4.69) is 30.9 Å². The minimum atomic E-state index is -0.355. The van der Waals surface area contributed by atoms with Crippen LogP contribution in [0.5, 0.6) is 0 Å². The number of anilines is 4. The lowest BCUT2D eigenvalue weighted by molar-refractivity contribution is -0.117. The first-order chi connectivity index (χ1) is 16.5. The summed E-state index contributed by atoms with van der Waals surface area (Å²) in [7, 11) is 1.64. The zero-order chi connectivity index (χ0) is 24.3. The van der Waals surface area contributed by atoms with Gasteiger partial charge in [0.2, 0.25) is 11.9 Å². The van der Waals surface area contributed by atoms with Crippen molar-refractivity contribution in [2.45, 2.75) is 19.8 Å². The van der Waals surface area contributed by atoms with Gasteiger partial charge in [0.1, 0.15) is 11.4 Å². The molecule has 0 radical (unpaired) electrons. The summed E-state index contributed by atoms with van der Waals surface area (Å²) in [4.78, 5) is 39.2. The number of rotatable bonds is 11. The monoisotopic (exact) mass is 462 g/mol. The SMILES string of the molecule is CCCNc1nc(NCCc2ccncc2)ncc1C(=O)Nc1cccc(N(C)C(=O)CN)c1. The average Bonchev–Trinajstić information content (AvgIpc) is 2.87. The molecule has 1 aromatic carbocycles. The Morgan fingerprint density at radius 1 is 1.09 bits per heavy atom. The standard InChI is InChI=1S/C24H30N8O2/c1-3-10-27-22-20(16-29-24(31-22)28-13-9-17-7-11-26-12-8-17)23(34)30-18-5-4-6-19(14-18)32(2)21(33)15-25/h4-8,11-12,14,16H,3,9-10,13,15,25H2,1-2H3,(H,30,34)(H2,27,28,29,31). The molecule has 0 aliphatic heterocycles. The summed E-state index contributed by atoms with van der Waals surface area (Å²) < 4.78 is 0. The Balaban J connectivity index is 1.72. The van der Waals surface area contributed by atoms with Crippen LogP contribution in [0.2, 0.25) is 0 Å². The number of amides is 2. The van der Waals surface area contributed by atoms with Crippen LogP contribution in [0.25, 0.3) is 0 Å². The van der Waals surface area contributed by atoms with Crippen LogP contribution in [0, 0.1) is 0 Å². The quantitative estimate of drug-likeness (QED) is 0.341. The lowest BCUT2D eigenvalue weighted by atomic mass is 10.2. The number of aromatic nitrogens is 3. The number of pyridine rings is 1. The predicted molar refractivity (Wildman–Crippen MR) is 134 cm³/mol. The van der Waals surface area contributed by atoms with Crippen LogP contribution in [-0.2, 0) is 11.2 Å². The molecule has 3 aromatic rings. The van der Waals surface area contributed by atoms with Gasteiger partial charge in [-0.25, -0.2) is 4.98 Å². The van der Waals surface area contributed by atoms with Crippen LogP contribution < -0.4 is 26.6 Å². The van der Waals surface area contributed by atoms with Crippen LogP contribution in [0.3, 0.4) is 0 Å². The fourth-order valence-electron chi connectivity index (χ4n) is 3.15.